The van der Waals surface area contributed by atoms with E-state index >= 15 is 0 Å². The molecule has 2 amide bonds. The van der Waals surface area contributed by atoms with E-state index in [1.807, 2.05) is 36.4 Å². The van der Waals surface area contributed by atoms with Crippen LogP contribution in [0.4, 0.5) is 0 Å². The van der Waals surface area contributed by atoms with E-state index in [0.29, 0.717) is 31.5 Å². The zero-order chi connectivity index (χ0) is 17.2. The van der Waals surface area contributed by atoms with Crippen LogP contribution in [-0.4, -0.2) is 30.9 Å². The summed E-state index contributed by atoms with van der Waals surface area (Å²) in [5.74, 6) is -0.456. The van der Waals surface area contributed by atoms with Crippen LogP contribution >= 0.6 is 12.4 Å². The molecule has 134 valence electrons. The summed E-state index contributed by atoms with van der Waals surface area (Å²) in [5, 5.41) is 5.65. The monoisotopic (exact) mass is 361 g/mol. The first-order chi connectivity index (χ1) is 11.7. The quantitative estimate of drug-likeness (QED) is 0.628. The maximum Gasteiger partial charge on any atom is 0.251 e. The fraction of sp³-hybridized carbons (Fsp3) is 0.263. The summed E-state index contributed by atoms with van der Waals surface area (Å²) in [6, 6.07) is 17.9. The highest BCUT2D eigenvalue weighted by Gasteiger charge is 2.21. The first-order valence-corrected chi connectivity index (χ1v) is 8.08. The van der Waals surface area contributed by atoms with Crippen LogP contribution in [0.1, 0.15) is 22.3 Å². The van der Waals surface area contributed by atoms with Crippen molar-refractivity contribution >= 4 is 24.2 Å². The standard InChI is InChI=1S/C19H23N3O2.ClH/c20-12-7-13-21-19(24)17(14-15-8-3-1-4-9-15)22-18(23)16-10-5-2-6-11-16;/h1-6,8-11,17H,7,12-14,20H2,(H,21,24)(H,22,23);1H. The first kappa shape index (κ1) is 20.7. The lowest BCUT2D eigenvalue weighted by Gasteiger charge is -2.19. The molecule has 0 spiro atoms. The Balaban J connectivity index is 0.00000312. The van der Waals surface area contributed by atoms with E-state index in [4.69, 9.17) is 5.73 Å². The van der Waals surface area contributed by atoms with Crippen molar-refractivity contribution in [3.05, 3.63) is 71.8 Å². The Hall–Kier alpha value is -2.37. The summed E-state index contributed by atoms with van der Waals surface area (Å²) < 4.78 is 0. The van der Waals surface area contributed by atoms with Gasteiger partial charge in [-0.3, -0.25) is 9.59 Å². The van der Waals surface area contributed by atoms with Gasteiger partial charge in [-0.2, -0.15) is 0 Å². The number of rotatable bonds is 8. The minimum Gasteiger partial charge on any atom is -0.354 e. The van der Waals surface area contributed by atoms with Crippen molar-refractivity contribution in [2.45, 2.75) is 18.9 Å². The van der Waals surface area contributed by atoms with Crippen LogP contribution in [0.25, 0.3) is 0 Å². The molecule has 0 aromatic heterocycles. The summed E-state index contributed by atoms with van der Waals surface area (Å²) in [6.07, 6.45) is 1.14. The molecule has 2 aromatic rings. The topological polar surface area (TPSA) is 84.2 Å². The Labute approximate surface area is 154 Å². The number of benzene rings is 2. The molecule has 0 aliphatic heterocycles. The first-order valence-electron chi connectivity index (χ1n) is 8.08. The van der Waals surface area contributed by atoms with Gasteiger partial charge >= 0.3 is 0 Å². The van der Waals surface area contributed by atoms with E-state index in [-0.39, 0.29) is 24.2 Å². The third-order valence-corrected chi connectivity index (χ3v) is 3.62. The molecule has 5 nitrogen and oxygen atoms in total. The second-order valence-corrected chi connectivity index (χ2v) is 5.52. The Morgan fingerprint density at radius 2 is 1.56 bits per heavy atom. The molecule has 25 heavy (non-hydrogen) atoms. The molecule has 0 aliphatic rings. The second kappa shape index (κ2) is 11.2. The van der Waals surface area contributed by atoms with Gasteiger partial charge in [-0.05, 0) is 30.7 Å². The number of amides is 2. The fourth-order valence-corrected chi connectivity index (χ4v) is 2.33. The second-order valence-electron chi connectivity index (χ2n) is 5.52. The molecule has 6 heteroatoms. The lowest BCUT2D eigenvalue weighted by molar-refractivity contribution is -0.122. The molecule has 0 bridgehead atoms. The summed E-state index contributed by atoms with van der Waals surface area (Å²) in [6.45, 7) is 1.02. The molecule has 4 N–H and O–H groups in total. The Kier molecular flexibility index (Phi) is 9.29. The number of carbonyl (C=O) groups excluding carboxylic acids is 2. The Morgan fingerprint density at radius 3 is 2.16 bits per heavy atom. The number of halogens is 1. The maximum atomic E-state index is 12.4. The van der Waals surface area contributed by atoms with Crippen LogP contribution in [0, 0.1) is 0 Å². The molecule has 0 saturated carbocycles. The van der Waals surface area contributed by atoms with Crippen molar-refractivity contribution in [3.8, 4) is 0 Å². The van der Waals surface area contributed by atoms with Crippen LogP contribution in [0.2, 0.25) is 0 Å². The molecule has 1 unspecified atom stereocenters. The number of nitrogens with one attached hydrogen (secondary N) is 2. The molecule has 0 saturated heterocycles. The minimum atomic E-state index is -0.627. The highest BCUT2D eigenvalue weighted by molar-refractivity contribution is 5.97. The van der Waals surface area contributed by atoms with Gasteiger partial charge in [0.25, 0.3) is 5.91 Å². The van der Waals surface area contributed by atoms with Crippen LogP contribution in [-0.2, 0) is 11.2 Å². The van der Waals surface area contributed by atoms with Crippen molar-refractivity contribution in [2.24, 2.45) is 5.73 Å². The van der Waals surface area contributed by atoms with E-state index in [9.17, 15) is 9.59 Å². The van der Waals surface area contributed by atoms with Crippen LogP contribution in [0.5, 0.6) is 0 Å². The predicted molar refractivity (Wildman–Crippen MR) is 102 cm³/mol. The van der Waals surface area contributed by atoms with Crippen LogP contribution in [0.3, 0.4) is 0 Å². The van der Waals surface area contributed by atoms with Crippen molar-refractivity contribution < 1.29 is 9.59 Å². The molecule has 0 aliphatic carbocycles. The van der Waals surface area contributed by atoms with Gasteiger partial charge in [-0.15, -0.1) is 12.4 Å². The van der Waals surface area contributed by atoms with Gasteiger partial charge in [0.05, 0.1) is 0 Å². The molecule has 1 atom stereocenters. The number of carbonyl (C=O) groups is 2. The average Bonchev–Trinajstić information content (AvgIpc) is 2.63. The fourth-order valence-electron chi connectivity index (χ4n) is 2.33. The van der Waals surface area contributed by atoms with Gasteiger partial charge in [-0.25, -0.2) is 0 Å². The predicted octanol–water partition coefficient (Wildman–Crippen LogP) is 1.91. The highest BCUT2D eigenvalue weighted by Crippen LogP contribution is 2.06. The van der Waals surface area contributed by atoms with Gasteiger partial charge in [0, 0.05) is 18.5 Å². The Bertz CT molecular complexity index is 650. The van der Waals surface area contributed by atoms with E-state index in [0.717, 1.165) is 5.56 Å². The average molecular weight is 362 g/mol. The maximum absolute atomic E-state index is 12.4. The third-order valence-electron chi connectivity index (χ3n) is 3.62. The summed E-state index contributed by atoms with van der Waals surface area (Å²) in [4.78, 5) is 24.8. The highest BCUT2D eigenvalue weighted by atomic mass is 35.5. The lowest BCUT2D eigenvalue weighted by atomic mass is 10.0. The molecule has 0 radical (unpaired) electrons. The van der Waals surface area contributed by atoms with Gasteiger partial charge in [0.1, 0.15) is 6.04 Å². The van der Waals surface area contributed by atoms with E-state index < -0.39 is 6.04 Å². The largest absolute Gasteiger partial charge is 0.354 e. The van der Waals surface area contributed by atoms with Crippen LogP contribution in [0.15, 0.2) is 60.7 Å². The lowest BCUT2D eigenvalue weighted by Crippen LogP contribution is -2.48. The molecular formula is C19H24ClN3O2. The zero-order valence-corrected chi connectivity index (χ0v) is 14.8. The smallest absolute Gasteiger partial charge is 0.251 e. The van der Waals surface area contributed by atoms with E-state index in [1.54, 1.807) is 24.3 Å². The van der Waals surface area contributed by atoms with Crippen molar-refractivity contribution in [1.29, 1.82) is 0 Å². The van der Waals surface area contributed by atoms with Crippen molar-refractivity contribution in [1.82, 2.24) is 10.6 Å². The van der Waals surface area contributed by atoms with Gasteiger partial charge in [0.15, 0.2) is 0 Å². The third kappa shape index (κ3) is 6.95. The number of hydrogen-bond acceptors (Lipinski definition) is 3. The van der Waals surface area contributed by atoms with Crippen molar-refractivity contribution in [2.75, 3.05) is 13.1 Å². The van der Waals surface area contributed by atoms with Gasteiger partial charge in [-0.1, -0.05) is 48.5 Å². The Morgan fingerprint density at radius 1 is 0.960 bits per heavy atom. The SMILES string of the molecule is Cl.NCCCNC(=O)C(Cc1ccccc1)NC(=O)c1ccccc1. The summed E-state index contributed by atoms with van der Waals surface area (Å²) in [5.41, 5.74) is 6.97. The van der Waals surface area contributed by atoms with Gasteiger partial charge < -0.3 is 16.4 Å². The van der Waals surface area contributed by atoms with E-state index in [2.05, 4.69) is 10.6 Å². The zero-order valence-electron chi connectivity index (χ0n) is 14.0. The number of hydrogen-bond donors (Lipinski definition) is 3. The molecule has 2 rings (SSSR count). The minimum absolute atomic E-state index is 0. The molecule has 2 aromatic carbocycles. The normalized spacial score (nSPS) is 11.1. The number of nitrogens with two attached hydrogens (primary N) is 1. The molecular weight excluding hydrogens is 338 g/mol. The molecule has 0 fully saturated rings. The van der Waals surface area contributed by atoms with Crippen LogP contribution < -0.4 is 16.4 Å². The van der Waals surface area contributed by atoms with Crippen molar-refractivity contribution in [3.63, 3.8) is 0 Å². The van der Waals surface area contributed by atoms with Gasteiger partial charge in [0.2, 0.25) is 5.91 Å². The summed E-state index contributed by atoms with van der Waals surface area (Å²) in [7, 11) is 0. The molecule has 0 heterocycles. The summed E-state index contributed by atoms with van der Waals surface area (Å²) >= 11 is 0. The van der Waals surface area contributed by atoms with E-state index in [1.165, 1.54) is 0 Å².